The molecule has 0 saturated heterocycles. The normalized spacial score (nSPS) is 15.1. The van der Waals surface area contributed by atoms with Gasteiger partial charge in [0.25, 0.3) is 0 Å². The Balaban J connectivity index is 1.15. The summed E-state index contributed by atoms with van der Waals surface area (Å²) in [6, 6.07) is 84.4. The lowest BCUT2D eigenvalue weighted by atomic mass is 9.67. The summed E-state index contributed by atoms with van der Waals surface area (Å²) in [5.41, 5.74) is 12.8. The number of hydrogen-bond donors (Lipinski definition) is 0. The maximum atomic E-state index is 10.6. The number of fused-ring (bicyclic) bond motifs is 7. The fourth-order valence-electron chi connectivity index (χ4n) is 11.5. The number of benzene rings is 12. The quantitative estimate of drug-likeness (QED) is 0.135. The molecule has 13 aromatic rings. The summed E-state index contributed by atoms with van der Waals surface area (Å²) in [6.45, 7) is 0. The third-order valence-corrected chi connectivity index (χ3v) is 14.6. The summed E-state index contributed by atoms with van der Waals surface area (Å²) >= 11 is 0. The molecular weight excluding hydrogens is 895 g/mol. The molecule has 0 bridgehead atoms. The zero-order valence-corrected chi connectivity index (χ0v) is 40.1. The molecule has 0 N–H and O–H groups in total. The summed E-state index contributed by atoms with van der Waals surface area (Å²) < 4.78 is 69.6. The van der Waals surface area contributed by atoms with E-state index in [9.17, 15) is 5.48 Å². The first-order valence-electron chi connectivity index (χ1n) is 28.4. The number of hydrogen-bond acceptors (Lipinski definition) is 2. The molecular formula is C71H49N3. The van der Waals surface area contributed by atoms with Crippen LogP contribution in [0.4, 0.5) is 34.1 Å². The van der Waals surface area contributed by atoms with E-state index in [4.69, 9.17) is 4.11 Å². The van der Waals surface area contributed by atoms with Crippen LogP contribution >= 0.6 is 0 Å². The van der Waals surface area contributed by atoms with Gasteiger partial charge in [0, 0.05) is 50.6 Å². The Morgan fingerprint density at radius 2 is 0.824 bits per heavy atom. The van der Waals surface area contributed by atoms with Crippen molar-refractivity contribution < 1.29 is 9.60 Å². The van der Waals surface area contributed by atoms with E-state index in [1.54, 1.807) is 0 Å². The van der Waals surface area contributed by atoms with Crippen LogP contribution in [0.3, 0.4) is 0 Å². The topological polar surface area (TPSA) is 11.4 Å². The SMILES string of the molecule is [2H]c1c([2H])c([2H])c2c([2H])c(C3(c4cccc5c6ccccc6n(-c6ccccc6)c45)c4ccc(N(c5ccccc5)c5ccccc5)cc4-c4cc(N(c5ccccc5)c5ccc(-c6ccccc6)cc5)ccc43)c([2H])c([2H])c2c1[2H]. The van der Waals surface area contributed by atoms with E-state index in [0.717, 1.165) is 101 Å². The molecule has 0 saturated carbocycles. The minimum Gasteiger partial charge on any atom is -0.310 e. The van der Waals surface area contributed by atoms with Gasteiger partial charge in [-0.25, -0.2) is 0 Å². The van der Waals surface area contributed by atoms with Crippen LogP contribution in [0.25, 0.3) is 60.5 Å². The molecule has 3 heteroatoms. The zero-order chi connectivity index (χ0) is 55.1. The predicted octanol–water partition coefficient (Wildman–Crippen LogP) is 18.9. The number of nitrogens with zero attached hydrogens (tertiary/aromatic N) is 3. The second kappa shape index (κ2) is 17.9. The lowest BCUT2D eigenvalue weighted by Gasteiger charge is -2.35. The van der Waals surface area contributed by atoms with Crippen LogP contribution in [0.5, 0.6) is 0 Å². The van der Waals surface area contributed by atoms with Crippen molar-refractivity contribution in [3.8, 4) is 27.9 Å². The number of rotatable bonds is 10. The predicted molar refractivity (Wildman–Crippen MR) is 310 cm³/mol. The molecule has 348 valence electrons. The standard InChI is InChI=1S/C71H49N3/c1-6-21-50(22-7-1)52-38-41-59(42-39-52)73(57-29-12-4-13-30-57)61-44-46-67-65(49-61)64-48-60(72(55-25-8-2-9-26-55)56-27-10-3-11-28-56)43-45-66(64)71(67,54-40-37-51-23-16-17-24-53(51)47-54)68-35-20-34-63-62-33-18-19-36-69(62)74(70(63)68)58-31-14-5-15-32-58/h1-49H/i16D,17D,23D,24D,37D,40D,47D. The molecule has 1 atom stereocenters. The Kier molecular flexibility index (Phi) is 8.75. The Hall–Kier alpha value is -9.70. The van der Waals surface area contributed by atoms with Crippen molar-refractivity contribution in [2.75, 3.05) is 9.80 Å². The third-order valence-electron chi connectivity index (χ3n) is 14.6. The van der Waals surface area contributed by atoms with Crippen molar-refractivity contribution in [1.82, 2.24) is 4.57 Å². The van der Waals surface area contributed by atoms with Gasteiger partial charge in [-0.2, -0.15) is 0 Å². The first-order chi connectivity index (χ1) is 39.6. The first-order valence-corrected chi connectivity index (χ1v) is 24.9. The molecule has 0 spiro atoms. The molecule has 0 radical (unpaired) electrons. The minimum absolute atomic E-state index is 0.107. The molecule has 1 aliphatic carbocycles. The lowest BCUT2D eigenvalue weighted by Crippen LogP contribution is -2.29. The largest absolute Gasteiger partial charge is 0.310 e. The summed E-state index contributed by atoms with van der Waals surface area (Å²) in [5, 5.41) is 1.68. The Labute approximate surface area is 441 Å². The molecule has 0 fully saturated rings. The molecule has 0 amide bonds. The molecule has 1 unspecified atom stereocenters. The fourth-order valence-corrected chi connectivity index (χ4v) is 11.5. The summed E-state index contributed by atoms with van der Waals surface area (Å²) in [6.07, 6.45) is 0. The van der Waals surface area contributed by atoms with Gasteiger partial charge in [-0.05, 0) is 152 Å². The highest BCUT2D eigenvalue weighted by Crippen LogP contribution is 2.60. The third kappa shape index (κ3) is 6.97. The molecule has 0 aliphatic heterocycles. The molecule has 1 aromatic heterocycles. The van der Waals surface area contributed by atoms with E-state index in [1.165, 1.54) is 0 Å². The van der Waals surface area contributed by atoms with Crippen LogP contribution < -0.4 is 9.80 Å². The van der Waals surface area contributed by atoms with Gasteiger partial charge < -0.3 is 14.4 Å². The van der Waals surface area contributed by atoms with Gasteiger partial charge >= 0.3 is 0 Å². The number of anilines is 6. The van der Waals surface area contributed by atoms with Crippen LogP contribution in [-0.2, 0) is 5.41 Å². The van der Waals surface area contributed by atoms with E-state index in [2.05, 4.69) is 160 Å². The van der Waals surface area contributed by atoms with Crippen LogP contribution in [0.1, 0.15) is 31.8 Å². The van der Waals surface area contributed by atoms with Gasteiger partial charge in [-0.15, -0.1) is 0 Å². The maximum absolute atomic E-state index is 10.6. The molecule has 1 heterocycles. The second-order valence-electron chi connectivity index (χ2n) is 18.7. The van der Waals surface area contributed by atoms with E-state index >= 15 is 0 Å². The van der Waals surface area contributed by atoms with Crippen molar-refractivity contribution in [3.05, 3.63) is 319 Å². The molecule has 14 rings (SSSR count). The highest BCUT2D eigenvalue weighted by atomic mass is 15.1. The first kappa shape index (κ1) is 36.3. The van der Waals surface area contributed by atoms with Crippen LogP contribution in [0, 0.1) is 0 Å². The molecule has 1 aliphatic rings. The van der Waals surface area contributed by atoms with E-state index in [1.807, 2.05) is 109 Å². The van der Waals surface area contributed by atoms with Gasteiger partial charge in [-0.3, -0.25) is 0 Å². The van der Waals surface area contributed by atoms with Gasteiger partial charge in [0.2, 0.25) is 0 Å². The summed E-state index contributed by atoms with van der Waals surface area (Å²) in [5.74, 6) is 0. The highest BCUT2D eigenvalue weighted by molar-refractivity contribution is 6.12. The van der Waals surface area contributed by atoms with Crippen molar-refractivity contribution in [1.29, 1.82) is 0 Å². The Bertz CT molecular complexity index is 4560. The van der Waals surface area contributed by atoms with E-state index in [-0.39, 0.29) is 34.5 Å². The lowest BCUT2D eigenvalue weighted by molar-refractivity contribution is 0.773. The van der Waals surface area contributed by atoms with Crippen molar-refractivity contribution in [2.24, 2.45) is 0 Å². The second-order valence-corrected chi connectivity index (χ2v) is 18.7. The van der Waals surface area contributed by atoms with Crippen molar-refractivity contribution in [2.45, 2.75) is 5.41 Å². The average molecular weight is 951 g/mol. The van der Waals surface area contributed by atoms with Crippen molar-refractivity contribution in [3.63, 3.8) is 0 Å². The van der Waals surface area contributed by atoms with Gasteiger partial charge in [0.05, 0.1) is 26.0 Å². The molecule has 12 aromatic carbocycles. The number of para-hydroxylation sites is 6. The van der Waals surface area contributed by atoms with Crippen LogP contribution in [-0.4, -0.2) is 4.57 Å². The van der Waals surface area contributed by atoms with E-state index in [0.29, 0.717) is 0 Å². The fraction of sp³-hybridized carbons (Fsp3) is 0.0141. The smallest absolute Gasteiger partial charge is 0.0734 e. The average Bonchev–Trinajstić information content (AvgIpc) is 2.39. The number of aromatic nitrogens is 1. The van der Waals surface area contributed by atoms with Gasteiger partial charge in [0.15, 0.2) is 0 Å². The maximum Gasteiger partial charge on any atom is 0.0734 e. The Morgan fingerprint density at radius 1 is 0.351 bits per heavy atom. The monoisotopic (exact) mass is 950 g/mol. The van der Waals surface area contributed by atoms with Gasteiger partial charge in [0.1, 0.15) is 0 Å². The van der Waals surface area contributed by atoms with Crippen LogP contribution in [0.2, 0.25) is 0 Å². The summed E-state index contributed by atoms with van der Waals surface area (Å²) in [7, 11) is 0. The van der Waals surface area contributed by atoms with Crippen LogP contribution in [0.15, 0.2) is 297 Å². The van der Waals surface area contributed by atoms with Gasteiger partial charge in [-0.1, -0.05) is 200 Å². The molecule has 74 heavy (non-hydrogen) atoms. The zero-order valence-electron chi connectivity index (χ0n) is 47.1. The minimum atomic E-state index is -1.57. The molecule has 3 nitrogen and oxygen atoms in total. The highest BCUT2D eigenvalue weighted by Gasteiger charge is 2.48. The summed E-state index contributed by atoms with van der Waals surface area (Å²) in [4.78, 5) is 4.47. The van der Waals surface area contributed by atoms with E-state index < -0.39 is 29.6 Å². The van der Waals surface area contributed by atoms with Crippen molar-refractivity contribution >= 4 is 66.7 Å². The Morgan fingerprint density at radius 3 is 1.42 bits per heavy atom.